The molecule has 4 rings (SSSR count). The van der Waals surface area contributed by atoms with E-state index in [1.54, 1.807) is 87.0 Å². The summed E-state index contributed by atoms with van der Waals surface area (Å²) in [6.45, 7) is 1.41. The summed E-state index contributed by atoms with van der Waals surface area (Å²) in [5.74, 6) is -0.388. The number of nitrogens with one attached hydrogen (secondary N) is 1. The van der Waals surface area contributed by atoms with Gasteiger partial charge in [0.15, 0.2) is 17.9 Å². The van der Waals surface area contributed by atoms with Gasteiger partial charge in [-0.05, 0) is 53.4 Å². The molecule has 3 atom stereocenters. The van der Waals surface area contributed by atoms with Gasteiger partial charge < -0.3 is 34.7 Å². The van der Waals surface area contributed by atoms with E-state index in [1.807, 2.05) is 36.4 Å². The van der Waals surface area contributed by atoms with Crippen molar-refractivity contribution in [2.24, 2.45) is 5.73 Å². The van der Waals surface area contributed by atoms with Crippen molar-refractivity contribution in [1.29, 1.82) is 0 Å². The summed E-state index contributed by atoms with van der Waals surface area (Å²) in [5, 5.41) is 2.51. The first-order valence-electron chi connectivity index (χ1n) is 14.6. The summed E-state index contributed by atoms with van der Waals surface area (Å²) in [6.07, 6.45) is -2.59. The minimum Gasteiger partial charge on any atom is -0.497 e. The molecule has 3 N–H and O–H groups in total. The summed E-state index contributed by atoms with van der Waals surface area (Å²) in [7, 11) is 4.26. The Labute approximate surface area is 268 Å². The van der Waals surface area contributed by atoms with Gasteiger partial charge in [0.05, 0.1) is 27.4 Å². The summed E-state index contributed by atoms with van der Waals surface area (Å²) in [6, 6.07) is 29.8. The highest BCUT2D eigenvalue weighted by Gasteiger charge is 2.47. The Morgan fingerprint density at radius 2 is 1.20 bits per heavy atom. The Kier molecular flexibility index (Phi) is 11.5. The van der Waals surface area contributed by atoms with Gasteiger partial charge in [-0.15, -0.1) is 0 Å². The Bertz CT molecular complexity index is 1530. The van der Waals surface area contributed by atoms with Crippen LogP contribution in [0.5, 0.6) is 11.5 Å². The maximum Gasteiger partial charge on any atom is 0.408 e. The molecule has 240 valence electrons. The second-order valence-corrected chi connectivity index (χ2v) is 10.4. The summed E-state index contributed by atoms with van der Waals surface area (Å²) in [4.78, 5) is 40.4. The number of carbonyl (C=O) groups excluding carboxylic acids is 3. The zero-order valence-corrected chi connectivity index (χ0v) is 26.2. The molecule has 0 bridgehead atoms. The summed E-state index contributed by atoms with van der Waals surface area (Å²) < 4.78 is 28.2. The number of rotatable bonds is 14. The molecule has 0 heterocycles. The van der Waals surface area contributed by atoms with Gasteiger partial charge in [0.25, 0.3) is 0 Å². The average Bonchev–Trinajstić information content (AvgIpc) is 3.11. The molecule has 0 fully saturated rings. The lowest BCUT2D eigenvalue weighted by Crippen LogP contribution is -2.58. The minimum absolute atomic E-state index is 0.0705. The van der Waals surface area contributed by atoms with Crippen molar-refractivity contribution >= 4 is 17.8 Å². The lowest BCUT2D eigenvalue weighted by Gasteiger charge is -2.40. The molecule has 0 aliphatic carbocycles. The second kappa shape index (κ2) is 15.7. The molecule has 4 aromatic carbocycles. The number of esters is 1. The minimum atomic E-state index is -1.64. The first-order valence-corrected chi connectivity index (χ1v) is 14.6. The van der Waals surface area contributed by atoms with Crippen LogP contribution in [0, 0.1) is 0 Å². The summed E-state index contributed by atoms with van der Waals surface area (Å²) >= 11 is 0. The van der Waals surface area contributed by atoms with Crippen LogP contribution in [-0.4, -0.2) is 57.4 Å². The van der Waals surface area contributed by atoms with Crippen LogP contribution in [0.3, 0.4) is 0 Å². The molecule has 0 radical (unpaired) electrons. The van der Waals surface area contributed by atoms with Gasteiger partial charge in [-0.2, -0.15) is 0 Å². The van der Waals surface area contributed by atoms with E-state index in [1.165, 1.54) is 6.92 Å². The normalized spacial score (nSPS) is 13.1. The number of nitrogens with two attached hydrogens (primary N) is 1. The van der Waals surface area contributed by atoms with Gasteiger partial charge in [-0.1, -0.05) is 84.9 Å². The summed E-state index contributed by atoms with van der Waals surface area (Å²) in [5.41, 5.74) is 7.17. The molecule has 1 amide bonds. The monoisotopic (exact) mass is 626 g/mol. The molecule has 10 nitrogen and oxygen atoms in total. The van der Waals surface area contributed by atoms with Gasteiger partial charge in [0, 0.05) is 0 Å². The Hall–Kier alpha value is -5.19. The average molecular weight is 627 g/mol. The van der Waals surface area contributed by atoms with E-state index in [9.17, 15) is 14.4 Å². The van der Waals surface area contributed by atoms with Crippen LogP contribution < -0.4 is 20.5 Å². The number of alkyl carbamates (subject to hydrolysis) is 1. The molecule has 0 saturated carbocycles. The topological polar surface area (TPSA) is 135 Å². The maximum atomic E-state index is 13.9. The molecular formula is C36H38N2O8. The third kappa shape index (κ3) is 7.71. The predicted molar refractivity (Wildman–Crippen MR) is 171 cm³/mol. The lowest BCUT2D eigenvalue weighted by molar-refractivity contribution is -0.158. The van der Waals surface area contributed by atoms with Crippen molar-refractivity contribution in [3.05, 3.63) is 131 Å². The molecule has 0 aromatic heterocycles. The molecule has 0 aliphatic heterocycles. The highest BCUT2D eigenvalue weighted by atomic mass is 16.6. The number of hydrogen-bond donors (Lipinski definition) is 2. The Morgan fingerprint density at radius 1 is 0.717 bits per heavy atom. The zero-order chi connectivity index (χ0) is 33.1. The van der Waals surface area contributed by atoms with Crippen LogP contribution in [0.1, 0.15) is 29.2 Å². The van der Waals surface area contributed by atoms with E-state index >= 15 is 0 Å². The van der Waals surface area contributed by atoms with Gasteiger partial charge in [-0.3, -0.25) is 4.79 Å². The molecule has 0 spiro atoms. The van der Waals surface area contributed by atoms with Crippen molar-refractivity contribution in [2.45, 2.75) is 37.3 Å². The van der Waals surface area contributed by atoms with E-state index in [4.69, 9.17) is 29.4 Å². The quantitative estimate of drug-likeness (QED) is 0.150. The third-order valence-corrected chi connectivity index (χ3v) is 7.45. The Balaban J connectivity index is 1.88. The van der Waals surface area contributed by atoms with Gasteiger partial charge in [0.1, 0.15) is 23.7 Å². The third-order valence-electron chi connectivity index (χ3n) is 7.45. The standard InChI is InChI=1S/C36H38N2O8/c1-24(37)32(39)33(31(34(40)44-4)38-35(41)45-23-25-11-7-5-8-12-25)46-36(26-13-9-6-10-14-26,27-15-19-29(42-2)20-16-27)28-17-21-30(43-3)22-18-28/h5-22,24,31,33H,23,37H2,1-4H3,(H,38,41)/t24-,31-,33?/m0/s1. The van der Waals surface area contributed by atoms with Crippen molar-refractivity contribution in [1.82, 2.24) is 5.32 Å². The van der Waals surface area contributed by atoms with Crippen molar-refractivity contribution < 1.29 is 38.1 Å². The molecule has 1 unspecified atom stereocenters. The van der Waals surface area contributed by atoms with Crippen LogP contribution >= 0.6 is 0 Å². The van der Waals surface area contributed by atoms with Gasteiger partial charge in [-0.25, -0.2) is 9.59 Å². The smallest absolute Gasteiger partial charge is 0.408 e. The number of methoxy groups -OCH3 is 3. The molecule has 0 saturated heterocycles. The number of benzene rings is 4. The van der Waals surface area contributed by atoms with Crippen LogP contribution in [0.25, 0.3) is 0 Å². The molecule has 0 aliphatic rings. The number of Topliss-reactive ketones (excluding diaryl/α,β-unsaturated/α-hetero) is 1. The number of hydrogen-bond acceptors (Lipinski definition) is 9. The fourth-order valence-electron chi connectivity index (χ4n) is 5.05. The predicted octanol–water partition coefficient (Wildman–Crippen LogP) is 4.77. The number of ether oxygens (including phenoxy) is 5. The second-order valence-electron chi connectivity index (χ2n) is 10.4. The highest BCUT2D eigenvalue weighted by molar-refractivity contribution is 5.95. The Morgan fingerprint density at radius 3 is 1.65 bits per heavy atom. The number of ketones is 1. The SMILES string of the molecule is COC(=O)[C@@H](NC(=O)OCc1ccccc1)C(OC(c1ccccc1)(c1ccc(OC)cc1)c1ccc(OC)cc1)C(=O)[C@H](C)N. The van der Waals surface area contributed by atoms with E-state index in [0.29, 0.717) is 28.2 Å². The zero-order valence-electron chi connectivity index (χ0n) is 26.2. The highest BCUT2D eigenvalue weighted by Crippen LogP contribution is 2.43. The molecule has 4 aromatic rings. The fourth-order valence-corrected chi connectivity index (χ4v) is 5.05. The maximum absolute atomic E-state index is 13.9. The van der Waals surface area contributed by atoms with E-state index in [0.717, 1.165) is 12.7 Å². The van der Waals surface area contributed by atoms with Crippen molar-refractivity contribution in [3.8, 4) is 11.5 Å². The van der Waals surface area contributed by atoms with Crippen molar-refractivity contribution in [3.63, 3.8) is 0 Å². The van der Waals surface area contributed by atoms with Crippen LogP contribution in [0.4, 0.5) is 4.79 Å². The lowest BCUT2D eigenvalue weighted by atomic mass is 9.79. The number of amides is 1. The van der Waals surface area contributed by atoms with Crippen LogP contribution in [0.15, 0.2) is 109 Å². The largest absolute Gasteiger partial charge is 0.497 e. The fraction of sp³-hybridized carbons (Fsp3) is 0.250. The molecule has 10 heteroatoms. The van der Waals surface area contributed by atoms with E-state index < -0.39 is 41.6 Å². The van der Waals surface area contributed by atoms with E-state index in [-0.39, 0.29) is 6.61 Å². The molecule has 46 heavy (non-hydrogen) atoms. The van der Waals surface area contributed by atoms with Crippen LogP contribution in [-0.2, 0) is 36.0 Å². The first kappa shape index (κ1) is 33.7. The number of carbonyl (C=O) groups is 3. The van der Waals surface area contributed by atoms with Crippen LogP contribution in [0.2, 0.25) is 0 Å². The first-order chi connectivity index (χ1) is 22.2. The van der Waals surface area contributed by atoms with Gasteiger partial charge in [0.2, 0.25) is 0 Å². The molecular weight excluding hydrogens is 588 g/mol. The van der Waals surface area contributed by atoms with Gasteiger partial charge >= 0.3 is 12.1 Å². The van der Waals surface area contributed by atoms with E-state index in [2.05, 4.69) is 5.32 Å². The van der Waals surface area contributed by atoms with Crippen molar-refractivity contribution in [2.75, 3.05) is 21.3 Å².